The minimum Gasteiger partial charge on any atom is -0.393 e. The lowest BCUT2D eigenvalue weighted by Crippen LogP contribution is -2.51. The highest BCUT2D eigenvalue weighted by molar-refractivity contribution is 5.86. The van der Waals surface area contributed by atoms with E-state index in [1.807, 2.05) is 0 Å². The summed E-state index contributed by atoms with van der Waals surface area (Å²) in [7, 11) is 0. The standard InChI is InChI=1S/C7H11N3O5/c1-3(12)7(2-11)5(14)4(13)6(15-7)9-10-8/h4-6,11,13-14H,2H2,1H3/t4-,5+,6?,7+/m1/s1. The summed E-state index contributed by atoms with van der Waals surface area (Å²) in [4.78, 5) is 13.6. The van der Waals surface area contributed by atoms with Crippen LogP contribution in [0.15, 0.2) is 5.11 Å². The number of carbonyl (C=O) groups excluding carboxylic acids is 1. The van der Waals surface area contributed by atoms with Gasteiger partial charge in [0.1, 0.15) is 12.2 Å². The zero-order chi connectivity index (χ0) is 11.6. The maximum atomic E-state index is 11.2. The van der Waals surface area contributed by atoms with Gasteiger partial charge >= 0.3 is 0 Å². The highest BCUT2D eigenvalue weighted by Crippen LogP contribution is 2.32. The number of aliphatic hydroxyl groups excluding tert-OH is 3. The SMILES string of the molecule is CC(=O)[C@]1(CO)OC(N=[N+]=[N-])[C@H](O)[C@@H]1O. The lowest BCUT2D eigenvalue weighted by Gasteiger charge is -2.26. The molecule has 1 rings (SSSR count). The summed E-state index contributed by atoms with van der Waals surface area (Å²) in [6.45, 7) is 0.308. The number of ketones is 1. The number of rotatable bonds is 3. The van der Waals surface area contributed by atoms with Crippen molar-refractivity contribution in [1.82, 2.24) is 0 Å². The first kappa shape index (κ1) is 11.9. The fourth-order valence-corrected chi connectivity index (χ4v) is 1.46. The van der Waals surface area contributed by atoms with Gasteiger partial charge < -0.3 is 20.1 Å². The first-order chi connectivity index (χ1) is 6.99. The van der Waals surface area contributed by atoms with Gasteiger partial charge in [0.25, 0.3) is 0 Å². The first-order valence-corrected chi connectivity index (χ1v) is 4.19. The van der Waals surface area contributed by atoms with E-state index in [0.717, 1.165) is 6.92 Å². The molecule has 1 saturated heterocycles. The van der Waals surface area contributed by atoms with Crippen molar-refractivity contribution in [3.63, 3.8) is 0 Å². The van der Waals surface area contributed by atoms with Crippen LogP contribution in [0.25, 0.3) is 10.4 Å². The van der Waals surface area contributed by atoms with E-state index < -0.39 is 36.4 Å². The molecule has 8 nitrogen and oxygen atoms in total. The fourth-order valence-electron chi connectivity index (χ4n) is 1.46. The fraction of sp³-hybridized carbons (Fsp3) is 0.857. The monoisotopic (exact) mass is 217 g/mol. The molecule has 1 unspecified atom stereocenters. The first-order valence-electron chi connectivity index (χ1n) is 4.19. The minimum absolute atomic E-state index is 0.646. The molecular weight excluding hydrogens is 206 g/mol. The van der Waals surface area contributed by atoms with E-state index in [9.17, 15) is 15.0 Å². The molecule has 0 radical (unpaired) electrons. The average Bonchev–Trinajstić information content (AvgIpc) is 2.44. The second-order valence-electron chi connectivity index (χ2n) is 3.25. The summed E-state index contributed by atoms with van der Waals surface area (Å²) in [6, 6.07) is 0. The highest BCUT2D eigenvalue weighted by atomic mass is 16.6. The molecule has 0 aromatic carbocycles. The number of nitrogens with zero attached hydrogens (tertiary/aromatic N) is 3. The summed E-state index contributed by atoms with van der Waals surface area (Å²) in [5.74, 6) is -0.646. The van der Waals surface area contributed by atoms with Crippen LogP contribution in [0.3, 0.4) is 0 Å². The minimum atomic E-state index is -1.90. The molecule has 1 aliphatic heterocycles. The Morgan fingerprint density at radius 1 is 1.67 bits per heavy atom. The topological polar surface area (TPSA) is 136 Å². The van der Waals surface area contributed by atoms with Crippen LogP contribution in [0.5, 0.6) is 0 Å². The molecule has 4 atom stereocenters. The van der Waals surface area contributed by atoms with Crippen molar-refractivity contribution in [1.29, 1.82) is 0 Å². The molecule has 84 valence electrons. The van der Waals surface area contributed by atoms with Gasteiger partial charge in [-0.05, 0) is 12.5 Å². The molecule has 0 amide bonds. The van der Waals surface area contributed by atoms with Crippen molar-refractivity contribution >= 4 is 5.78 Å². The van der Waals surface area contributed by atoms with Crippen molar-refractivity contribution in [3.05, 3.63) is 10.4 Å². The molecular formula is C7H11N3O5. The van der Waals surface area contributed by atoms with E-state index in [2.05, 4.69) is 10.0 Å². The summed E-state index contributed by atoms with van der Waals surface area (Å²) in [5, 5.41) is 31.0. The van der Waals surface area contributed by atoms with Crippen LogP contribution in [-0.2, 0) is 9.53 Å². The van der Waals surface area contributed by atoms with Crippen LogP contribution in [0.2, 0.25) is 0 Å². The number of azide groups is 1. The van der Waals surface area contributed by atoms with Crippen molar-refractivity contribution in [2.24, 2.45) is 5.11 Å². The number of Topliss-reactive ketones (excluding diaryl/α,β-unsaturated/α-hetero) is 1. The lowest BCUT2D eigenvalue weighted by molar-refractivity contribution is -0.156. The molecule has 0 bridgehead atoms. The summed E-state index contributed by atoms with van der Waals surface area (Å²) >= 11 is 0. The van der Waals surface area contributed by atoms with E-state index in [-0.39, 0.29) is 0 Å². The van der Waals surface area contributed by atoms with Gasteiger partial charge in [-0.1, -0.05) is 5.11 Å². The average molecular weight is 217 g/mol. The molecule has 0 saturated carbocycles. The van der Waals surface area contributed by atoms with Crippen molar-refractivity contribution in [3.8, 4) is 0 Å². The number of ether oxygens (including phenoxy) is 1. The predicted octanol–water partition coefficient (Wildman–Crippen LogP) is -1.31. The van der Waals surface area contributed by atoms with Gasteiger partial charge in [-0.25, -0.2) is 0 Å². The van der Waals surface area contributed by atoms with Crippen LogP contribution < -0.4 is 0 Å². The molecule has 3 N–H and O–H groups in total. The number of aliphatic hydroxyl groups is 3. The van der Waals surface area contributed by atoms with Crippen molar-refractivity contribution < 1.29 is 24.9 Å². The van der Waals surface area contributed by atoms with E-state index >= 15 is 0 Å². The van der Waals surface area contributed by atoms with Crippen LogP contribution in [-0.4, -0.2) is 51.7 Å². The van der Waals surface area contributed by atoms with Gasteiger partial charge in [0.05, 0.1) is 6.61 Å². The molecule has 15 heavy (non-hydrogen) atoms. The summed E-state index contributed by atoms with van der Waals surface area (Å²) in [5.41, 5.74) is 6.25. The third kappa shape index (κ3) is 1.69. The summed E-state index contributed by atoms with van der Waals surface area (Å²) in [6.07, 6.45) is -4.52. The Morgan fingerprint density at radius 2 is 2.27 bits per heavy atom. The quantitative estimate of drug-likeness (QED) is 0.306. The Hall–Kier alpha value is -1.18. The molecule has 0 aromatic rings. The van der Waals surface area contributed by atoms with Gasteiger partial charge in [0.2, 0.25) is 0 Å². The highest BCUT2D eigenvalue weighted by Gasteiger charge is 2.56. The third-order valence-electron chi connectivity index (χ3n) is 2.42. The van der Waals surface area contributed by atoms with Crippen molar-refractivity contribution in [2.45, 2.75) is 31.0 Å². The molecule has 1 aliphatic rings. The Balaban J connectivity index is 3.04. The molecule has 8 heteroatoms. The van der Waals surface area contributed by atoms with Crippen LogP contribution in [0, 0.1) is 0 Å². The third-order valence-corrected chi connectivity index (χ3v) is 2.42. The zero-order valence-corrected chi connectivity index (χ0v) is 7.94. The van der Waals surface area contributed by atoms with Crippen LogP contribution >= 0.6 is 0 Å². The lowest BCUT2D eigenvalue weighted by atomic mass is 9.92. The molecule has 0 aliphatic carbocycles. The van der Waals surface area contributed by atoms with E-state index in [4.69, 9.17) is 15.4 Å². The largest absolute Gasteiger partial charge is 0.393 e. The second-order valence-corrected chi connectivity index (χ2v) is 3.25. The van der Waals surface area contributed by atoms with Crippen LogP contribution in [0.1, 0.15) is 6.92 Å². The summed E-state index contributed by atoms with van der Waals surface area (Å²) < 4.78 is 4.90. The Kier molecular flexibility index (Phi) is 3.28. The van der Waals surface area contributed by atoms with Gasteiger partial charge in [-0.2, -0.15) is 0 Å². The zero-order valence-electron chi connectivity index (χ0n) is 7.94. The predicted molar refractivity (Wildman–Crippen MR) is 46.5 cm³/mol. The van der Waals surface area contributed by atoms with Crippen LogP contribution in [0.4, 0.5) is 0 Å². The van der Waals surface area contributed by atoms with E-state index in [1.165, 1.54) is 0 Å². The number of hydrogen-bond acceptors (Lipinski definition) is 6. The van der Waals surface area contributed by atoms with Gasteiger partial charge in [-0.3, -0.25) is 4.79 Å². The number of hydrogen-bond donors (Lipinski definition) is 3. The number of carbonyl (C=O) groups is 1. The Morgan fingerprint density at radius 3 is 2.60 bits per heavy atom. The Labute approximate surface area is 84.7 Å². The smallest absolute Gasteiger partial charge is 0.177 e. The Bertz CT molecular complexity index is 316. The molecule has 0 spiro atoms. The maximum Gasteiger partial charge on any atom is 0.177 e. The molecule has 1 heterocycles. The van der Waals surface area contributed by atoms with E-state index in [0.29, 0.717) is 0 Å². The van der Waals surface area contributed by atoms with Gasteiger partial charge in [-0.15, -0.1) is 0 Å². The van der Waals surface area contributed by atoms with Gasteiger partial charge in [0, 0.05) is 4.91 Å². The van der Waals surface area contributed by atoms with E-state index in [1.54, 1.807) is 0 Å². The second kappa shape index (κ2) is 4.13. The van der Waals surface area contributed by atoms with Crippen molar-refractivity contribution in [2.75, 3.05) is 6.61 Å². The maximum absolute atomic E-state index is 11.2. The molecule has 1 fully saturated rings. The molecule has 0 aromatic heterocycles. The van der Waals surface area contributed by atoms with Gasteiger partial charge in [0.15, 0.2) is 17.6 Å². The normalized spacial score (nSPS) is 39.9.